The van der Waals surface area contributed by atoms with Gasteiger partial charge in [-0.2, -0.15) is 13.2 Å². The van der Waals surface area contributed by atoms with Gasteiger partial charge in [0.15, 0.2) is 5.16 Å². The zero-order valence-corrected chi connectivity index (χ0v) is 11.9. The standard InChI is InChI=1S/C12H13F3N4OS/c1-2-19-10(20)17-18-11(19)21-6-7-3-4-8(16)5-9(7)12(13,14)15/h3-5H,2,6,16H2,1H3,(H,17,20). The summed E-state index contributed by atoms with van der Waals surface area (Å²) in [6, 6.07) is 3.67. The van der Waals surface area contributed by atoms with Crippen LogP contribution in [0.2, 0.25) is 0 Å². The summed E-state index contributed by atoms with van der Waals surface area (Å²) >= 11 is 1.06. The van der Waals surface area contributed by atoms with Gasteiger partial charge in [-0.3, -0.25) is 4.57 Å². The molecule has 5 nitrogen and oxygen atoms in total. The number of halogens is 3. The van der Waals surface area contributed by atoms with Crippen molar-refractivity contribution < 1.29 is 13.2 Å². The Kier molecular flexibility index (Phi) is 4.31. The van der Waals surface area contributed by atoms with Crippen molar-refractivity contribution in [3.05, 3.63) is 39.8 Å². The summed E-state index contributed by atoms with van der Waals surface area (Å²) in [7, 11) is 0. The molecule has 0 spiro atoms. The Bertz CT molecular complexity index is 693. The number of aromatic nitrogens is 3. The molecule has 0 radical (unpaired) electrons. The van der Waals surface area contributed by atoms with E-state index < -0.39 is 11.7 Å². The number of hydrogen-bond acceptors (Lipinski definition) is 4. The van der Waals surface area contributed by atoms with Crippen LogP contribution in [0.25, 0.3) is 0 Å². The molecule has 9 heteroatoms. The van der Waals surface area contributed by atoms with Gasteiger partial charge in [-0.1, -0.05) is 17.8 Å². The molecule has 2 rings (SSSR count). The van der Waals surface area contributed by atoms with Gasteiger partial charge in [-0.15, -0.1) is 5.10 Å². The van der Waals surface area contributed by atoms with Gasteiger partial charge in [0, 0.05) is 18.0 Å². The average molecular weight is 318 g/mol. The van der Waals surface area contributed by atoms with Crippen molar-refractivity contribution in [3.63, 3.8) is 0 Å². The molecule has 0 unspecified atom stereocenters. The fourth-order valence-electron chi connectivity index (χ4n) is 1.82. The van der Waals surface area contributed by atoms with Crippen LogP contribution in [0.3, 0.4) is 0 Å². The van der Waals surface area contributed by atoms with E-state index in [0.717, 1.165) is 17.8 Å². The Morgan fingerprint density at radius 3 is 2.76 bits per heavy atom. The molecular weight excluding hydrogens is 305 g/mol. The first-order valence-corrected chi connectivity index (χ1v) is 7.05. The molecule has 0 atom stereocenters. The van der Waals surface area contributed by atoms with Crippen molar-refractivity contribution in [1.82, 2.24) is 14.8 Å². The zero-order valence-electron chi connectivity index (χ0n) is 11.1. The van der Waals surface area contributed by atoms with E-state index in [2.05, 4.69) is 10.2 Å². The van der Waals surface area contributed by atoms with Crippen LogP contribution in [0.5, 0.6) is 0 Å². The fourth-order valence-corrected chi connectivity index (χ4v) is 2.83. The lowest BCUT2D eigenvalue weighted by Gasteiger charge is -2.13. The first-order chi connectivity index (χ1) is 9.82. The summed E-state index contributed by atoms with van der Waals surface area (Å²) in [6.45, 7) is 2.15. The van der Waals surface area contributed by atoms with Gasteiger partial charge < -0.3 is 5.73 Å². The van der Waals surface area contributed by atoms with Gasteiger partial charge >= 0.3 is 11.9 Å². The molecule has 3 N–H and O–H groups in total. The van der Waals surface area contributed by atoms with E-state index in [-0.39, 0.29) is 22.7 Å². The van der Waals surface area contributed by atoms with Crippen LogP contribution >= 0.6 is 11.8 Å². The first kappa shape index (κ1) is 15.5. The van der Waals surface area contributed by atoms with Gasteiger partial charge in [0.05, 0.1) is 5.56 Å². The number of nitrogens with zero attached hydrogens (tertiary/aromatic N) is 2. The molecular formula is C12H13F3N4OS. The van der Waals surface area contributed by atoms with E-state index >= 15 is 0 Å². The van der Waals surface area contributed by atoms with E-state index in [1.54, 1.807) is 6.92 Å². The van der Waals surface area contributed by atoms with Crippen LogP contribution < -0.4 is 11.4 Å². The summed E-state index contributed by atoms with van der Waals surface area (Å²) in [4.78, 5) is 11.4. The minimum atomic E-state index is -4.47. The third-order valence-corrected chi connectivity index (χ3v) is 3.86. The molecule has 0 amide bonds. The summed E-state index contributed by atoms with van der Waals surface area (Å²) in [5, 5.41) is 6.42. The van der Waals surface area contributed by atoms with Crippen LogP contribution in [0.1, 0.15) is 18.1 Å². The second-order valence-electron chi connectivity index (χ2n) is 4.26. The molecule has 0 bridgehead atoms. The van der Waals surface area contributed by atoms with Crippen LogP contribution in [0, 0.1) is 0 Å². The van der Waals surface area contributed by atoms with Gasteiger partial charge in [0.2, 0.25) is 0 Å². The molecule has 114 valence electrons. The Labute approximate surface area is 122 Å². The first-order valence-electron chi connectivity index (χ1n) is 6.06. The summed E-state index contributed by atoms with van der Waals surface area (Å²) in [6.07, 6.45) is -4.47. The van der Waals surface area contributed by atoms with E-state index in [0.29, 0.717) is 11.7 Å². The lowest BCUT2D eigenvalue weighted by atomic mass is 10.1. The molecule has 1 aromatic carbocycles. The van der Waals surface area contributed by atoms with E-state index in [9.17, 15) is 18.0 Å². The molecule has 1 heterocycles. The number of H-pyrrole nitrogens is 1. The Balaban J connectivity index is 2.26. The molecule has 0 aliphatic rings. The largest absolute Gasteiger partial charge is 0.416 e. The van der Waals surface area contributed by atoms with Crippen molar-refractivity contribution in [2.75, 3.05) is 5.73 Å². The molecule has 0 saturated heterocycles. The molecule has 21 heavy (non-hydrogen) atoms. The normalized spacial score (nSPS) is 11.8. The minimum absolute atomic E-state index is 0.0411. The fraction of sp³-hybridized carbons (Fsp3) is 0.333. The van der Waals surface area contributed by atoms with Crippen molar-refractivity contribution in [3.8, 4) is 0 Å². The highest BCUT2D eigenvalue weighted by Crippen LogP contribution is 2.35. The van der Waals surface area contributed by atoms with Crippen molar-refractivity contribution in [1.29, 1.82) is 0 Å². The number of benzene rings is 1. The number of nitrogen functional groups attached to an aromatic ring is 1. The van der Waals surface area contributed by atoms with E-state index in [1.807, 2.05) is 0 Å². The van der Waals surface area contributed by atoms with Gasteiger partial charge in [0.25, 0.3) is 0 Å². The van der Waals surface area contributed by atoms with Crippen LogP contribution in [-0.2, 0) is 18.5 Å². The molecule has 0 fully saturated rings. The topological polar surface area (TPSA) is 76.7 Å². The zero-order chi connectivity index (χ0) is 15.6. The lowest BCUT2D eigenvalue weighted by Crippen LogP contribution is -2.16. The Morgan fingerprint density at radius 1 is 1.43 bits per heavy atom. The predicted octanol–water partition coefficient (Wildman–Crippen LogP) is 2.48. The maximum absolute atomic E-state index is 13.0. The number of nitrogens with two attached hydrogens (primary N) is 1. The number of rotatable bonds is 4. The average Bonchev–Trinajstić information content (AvgIpc) is 2.76. The number of alkyl halides is 3. The second-order valence-corrected chi connectivity index (χ2v) is 5.20. The van der Waals surface area contributed by atoms with Gasteiger partial charge in [0.1, 0.15) is 0 Å². The summed E-state index contributed by atoms with van der Waals surface area (Å²) in [5.41, 5.74) is 4.42. The number of thioether (sulfide) groups is 1. The van der Waals surface area contributed by atoms with Gasteiger partial charge in [-0.05, 0) is 24.6 Å². The number of anilines is 1. The van der Waals surface area contributed by atoms with Crippen molar-refractivity contribution >= 4 is 17.4 Å². The molecule has 1 aromatic heterocycles. The molecule has 0 aliphatic heterocycles. The Hall–Kier alpha value is -1.90. The maximum Gasteiger partial charge on any atom is 0.416 e. The lowest BCUT2D eigenvalue weighted by molar-refractivity contribution is -0.138. The number of aromatic amines is 1. The van der Waals surface area contributed by atoms with Crippen molar-refractivity contribution in [2.45, 2.75) is 30.6 Å². The predicted molar refractivity (Wildman–Crippen MR) is 73.9 cm³/mol. The highest BCUT2D eigenvalue weighted by Gasteiger charge is 2.33. The third kappa shape index (κ3) is 3.41. The smallest absolute Gasteiger partial charge is 0.399 e. The van der Waals surface area contributed by atoms with Crippen LogP contribution in [0.4, 0.5) is 18.9 Å². The highest BCUT2D eigenvalue weighted by atomic mass is 32.2. The SMILES string of the molecule is CCn1c(SCc2ccc(N)cc2C(F)(F)F)n[nH]c1=O. The number of nitrogens with one attached hydrogen (secondary N) is 1. The Morgan fingerprint density at radius 2 is 2.14 bits per heavy atom. The van der Waals surface area contributed by atoms with E-state index in [4.69, 9.17) is 5.73 Å². The molecule has 2 aromatic rings. The second kappa shape index (κ2) is 5.84. The minimum Gasteiger partial charge on any atom is -0.399 e. The summed E-state index contributed by atoms with van der Waals surface area (Å²) in [5.74, 6) is 0.0411. The summed E-state index contributed by atoms with van der Waals surface area (Å²) < 4.78 is 40.2. The quantitative estimate of drug-likeness (QED) is 0.671. The molecule has 0 aliphatic carbocycles. The third-order valence-electron chi connectivity index (χ3n) is 2.84. The van der Waals surface area contributed by atoms with E-state index in [1.165, 1.54) is 16.7 Å². The van der Waals surface area contributed by atoms with Crippen molar-refractivity contribution in [2.24, 2.45) is 0 Å². The van der Waals surface area contributed by atoms with Gasteiger partial charge in [-0.25, -0.2) is 9.89 Å². The van der Waals surface area contributed by atoms with Crippen LogP contribution in [0.15, 0.2) is 28.2 Å². The highest BCUT2D eigenvalue weighted by molar-refractivity contribution is 7.98. The maximum atomic E-state index is 13.0. The molecule has 0 saturated carbocycles. The number of hydrogen-bond donors (Lipinski definition) is 2. The monoisotopic (exact) mass is 318 g/mol. The van der Waals surface area contributed by atoms with Crippen LogP contribution in [-0.4, -0.2) is 14.8 Å².